The van der Waals surface area contributed by atoms with E-state index < -0.39 is 0 Å². The van der Waals surface area contributed by atoms with Gasteiger partial charge in [0.1, 0.15) is 0 Å². The van der Waals surface area contributed by atoms with Gasteiger partial charge in [0.15, 0.2) is 0 Å². The first-order valence-electron chi connectivity index (χ1n) is 6.24. The zero-order valence-corrected chi connectivity index (χ0v) is 9.83. The van der Waals surface area contributed by atoms with Crippen LogP contribution in [0.25, 0.3) is 0 Å². The van der Waals surface area contributed by atoms with Gasteiger partial charge in [0.05, 0.1) is 6.04 Å². The van der Waals surface area contributed by atoms with Crippen LogP contribution < -0.4 is 5.32 Å². The monoisotopic (exact) mass is 210 g/mol. The Morgan fingerprint density at radius 3 is 2.67 bits per heavy atom. The molecule has 2 fully saturated rings. The Morgan fingerprint density at radius 1 is 1.27 bits per heavy atom. The minimum absolute atomic E-state index is 0.0885. The third-order valence-electron chi connectivity index (χ3n) is 3.89. The molecule has 0 saturated carbocycles. The molecule has 0 aromatic heterocycles. The van der Waals surface area contributed by atoms with Gasteiger partial charge in [-0.25, -0.2) is 0 Å². The Morgan fingerprint density at radius 2 is 2.07 bits per heavy atom. The van der Waals surface area contributed by atoms with E-state index in [1.807, 2.05) is 0 Å². The lowest BCUT2D eigenvalue weighted by molar-refractivity contribution is -0.137. The van der Waals surface area contributed by atoms with Gasteiger partial charge in [0.25, 0.3) is 0 Å². The Labute approximate surface area is 92.2 Å². The molecule has 0 aromatic carbocycles. The van der Waals surface area contributed by atoms with Crippen LogP contribution in [0, 0.1) is 5.92 Å². The van der Waals surface area contributed by atoms with Crippen LogP contribution >= 0.6 is 0 Å². The lowest BCUT2D eigenvalue weighted by atomic mass is 9.98. The van der Waals surface area contributed by atoms with Crippen molar-refractivity contribution in [2.75, 3.05) is 13.1 Å². The van der Waals surface area contributed by atoms with Crippen molar-refractivity contribution in [3.63, 3.8) is 0 Å². The van der Waals surface area contributed by atoms with Crippen molar-refractivity contribution in [2.45, 2.75) is 51.6 Å². The van der Waals surface area contributed by atoms with Gasteiger partial charge in [0.2, 0.25) is 5.91 Å². The number of carbonyl (C=O) groups excluding carboxylic acids is 1. The predicted octanol–water partition coefficient (Wildman–Crippen LogP) is 1.39. The first-order chi connectivity index (χ1) is 7.20. The first-order valence-corrected chi connectivity index (χ1v) is 6.24. The Hall–Kier alpha value is -0.570. The Kier molecular flexibility index (Phi) is 3.29. The van der Waals surface area contributed by atoms with Gasteiger partial charge in [-0.2, -0.15) is 0 Å². The van der Waals surface area contributed by atoms with Gasteiger partial charge in [-0.15, -0.1) is 0 Å². The largest absolute Gasteiger partial charge is 0.339 e. The third kappa shape index (κ3) is 2.17. The number of nitrogens with one attached hydrogen (secondary N) is 1. The fraction of sp³-hybridized carbons (Fsp3) is 0.917. The van der Waals surface area contributed by atoms with Crippen LogP contribution in [0.2, 0.25) is 0 Å². The molecular formula is C12H22N2O. The summed E-state index contributed by atoms with van der Waals surface area (Å²) in [5.41, 5.74) is 0. The van der Waals surface area contributed by atoms with Gasteiger partial charge in [-0.3, -0.25) is 4.79 Å². The molecule has 0 spiro atoms. The number of piperidine rings is 1. The van der Waals surface area contributed by atoms with E-state index >= 15 is 0 Å². The molecule has 0 aliphatic carbocycles. The minimum atomic E-state index is 0.0885. The van der Waals surface area contributed by atoms with Crippen LogP contribution in [0.15, 0.2) is 0 Å². The van der Waals surface area contributed by atoms with Crippen molar-refractivity contribution < 1.29 is 4.79 Å². The molecule has 0 radical (unpaired) electrons. The number of carbonyl (C=O) groups is 1. The number of rotatable bonds is 1. The Balaban J connectivity index is 1.99. The molecule has 2 saturated heterocycles. The standard InChI is InChI=1S/C12H22N2O/c1-9-6-7-13-11(9)12(15)14-8-4-3-5-10(14)2/h9-11,13H,3-8H2,1-2H3. The van der Waals surface area contributed by atoms with Crippen LogP contribution in [0.3, 0.4) is 0 Å². The molecule has 86 valence electrons. The summed E-state index contributed by atoms with van der Waals surface area (Å²) < 4.78 is 0. The Bertz CT molecular complexity index is 242. The van der Waals surface area contributed by atoms with E-state index in [0.717, 1.165) is 19.5 Å². The van der Waals surface area contributed by atoms with Crippen molar-refractivity contribution in [1.29, 1.82) is 0 Å². The number of hydrogen-bond acceptors (Lipinski definition) is 2. The summed E-state index contributed by atoms with van der Waals surface area (Å²) >= 11 is 0. The topological polar surface area (TPSA) is 32.3 Å². The fourth-order valence-electron chi connectivity index (χ4n) is 2.77. The third-order valence-corrected chi connectivity index (χ3v) is 3.89. The molecule has 2 aliphatic rings. The van der Waals surface area contributed by atoms with Crippen LogP contribution in [0.1, 0.15) is 39.5 Å². The number of nitrogens with zero attached hydrogens (tertiary/aromatic N) is 1. The molecule has 15 heavy (non-hydrogen) atoms. The van der Waals surface area contributed by atoms with Gasteiger partial charge < -0.3 is 10.2 Å². The fourth-order valence-corrected chi connectivity index (χ4v) is 2.77. The zero-order valence-electron chi connectivity index (χ0n) is 9.83. The summed E-state index contributed by atoms with van der Waals surface area (Å²) in [6, 6.07) is 0.534. The maximum Gasteiger partial charge on any atom is 0.240 e. The first kappa shape index (κ1) is 10.9. The molecule has 1 amide bonds. The lowest BCUT2D eigenvalue weighted by Crippen LogP contribution is -2.51. The van der Waals surface area contributed by atoms with Gasteiger partial charge in [0, 0.05) is 12.6 Å². The van der Waals surface area contributed by atoms with E-state index in [4.69, 9.17) is 0 Å². The van der Waals surface area contributed by atoms with Crippen molar-refractivity contribution in [3.8, 4) is 0 Å². The highest BCUT2D eigenvalue weighted by molar-refractivity contribution is 5.83. The van der Waals surface area contributed by atoms with E-state index in [2.05, 4.69) is 24.1 Å². The highest BCUT2D eigenvalue weighted by atomic mass is 16.2. The predicted molar refractivity (Wildman–Crippen MR) is 60.6 cm³/mol. The van der Waals surface area contributed by atoms with E-state index in [-0.39, 0.29) is 6.04 Å². The molecule has 2 rings (SSSR count). The van der Waals surface area contributed by atoms with E-state index in [1.165, 1.54) is 19.3 Å². The second-order valence-corrected chi connectivity index (χ2v) is 5.07. The molecule has 3 unspecified atom stereocenters. The van der Waals surface area contributed by atoms with Crippen molar-refractivity contribution in [3.05, 3.63) is 0 Å². The summed E-state index contributed by atoms with van der Waals surface area (Å²) in [7, 11) is 0. The minimum Gasteiger partial charge on any atom is -0.339 e. The van der Waals surface area contributed by atoms with E-state index in [1.54, 1.807) is 0 Å². The highest BCUT2D eigenvalue weighted by Gasteiger charge is 2.34. The SMILES string of the molecule is CC1CCNC1C(=O)N1CCCCC1C. The molecule has 0 bridgehead atoms. The van der Waals surface area contributed by atoms with Gasteiger partial charge in [-0.1, -0.05) is 6.92 Å². The molecule has 3 heteroatoms. The maximum absolute atomic E-state index is 12.3. The molecule has 3 nitrogen and oxygen atoms in total. The van der Waals surface area contributed by atoms with Crippen molar-refractivity contribution in [1.82, 2.24) is 10.2 Å². The summed E-state index contributed by atoms with van der Waals surface area (Å²) in [5, 5.41) is 3.33. The molecule has 2 aliphatic heterocycles. The molecule has 1 N–H and O–H groups in total. The van der Waals surface area contributed by atoms with Crippen LogP contribution in [-0.2, 0) is 4.79 Å². The summed E-state index contributed by atoms with van der Waals surface area (Å²) in [6.07, 6.45) is 4.77. The maximum atomic E-state index is 12.3. The lowest BCUT2D eigenvalue weighted by Gasteiger charge is -2.36. The quantitative estimate of drug-likeness (QED) is 0.709. The highest BCUT2D eigenvalue weighted by Crippen LogP contribution is 2.22. The smallest absolute Gasteiger partial charge is 0.240 e. The normalized spacial score (nSPS) is 36.9. The van der Waals surface area contributed by atoms with E-state index in [0.29, 0.717) is 17.9 Å². The molecule has 0 aromatic rings. The summed E-state index contributed by atoms with van der Waals surface area (Å²) in [4.78, 5) is 14.4. The van der Waals surface area contributed by atoms with Gasteiger partial charge in [-0.05, 0) is 45.1 Å². The average molecular weight is 210 g/mol. The molecule has 3 atom stereocenters. The van der Waals surface area contributed by atoms with E-state index in [9.17, 15) is 4.79 Å². The van der Waals surface area contributed by atoms with Crippen LogP contribution in [0.5, 0.6) is 0 Å². The van der Waals surface area contributed by atoms with Crippen molar-refractivity contribution >= 4 is 5.91 Å². The number of amides is 1. The second-order valence-electron chi connectivity index (χ2n) is 5.07. The molecule has 2 heterocycles. The van der Waals surface area contributed by atoms with Crippen LogP contribution in [-0.4, -0.2) is 36.0 Å². The summed E-state index contributed by atoms with van der Waals surface area (Å²) in [6.45, 7) is 6.32. The van der Waals surface area contributed by atoms with Crippen molar-refractivity contribution in [2.24, 2.45) is 5.92 Å². The summed E-state index contributed by atoms with van der Waals surface area (Å²) in [5.74, 6) is 0.846. The molecular weight excluding hydrogens is 188 g/mol. The average Bonchev–Trinajstić information content (AvgIpc) is 2.64. The number of hydrogen-bond donors (Lipinski definition) is 1. The zero-order chi connectivity index (χ0) is 10.8. The number of likely N-dealkylation sites (tertiary alicyclic amines) is 1. The second kappa shape index (κ2) is 4.52. The van der Waals surface area contributed by atoms with Gasteiger partial charge >= 0.3 is 0 Å². The van der Waals surface area contributed by atoms with Crippen LogP contribution in [0.4, 0.5) is 0 Å².